The Morgan fingerprint density at radius 3 is 2.95 bits per heavy atom. The Morgan fingerprint density at radius 1 is 1.52 bits per heavy atom. The molecule has 0 saturated carbocycles. The van der Waals surface area contributed by atoms with Gasteiger partial charge in [0.05, 0.1) is 0 Å². The molecule has 1 saturated heterocycles. The smallest absolute Gasteiger partial charge is 0.258 e. The molecule has 2 N–H and O–H groups in total. The summed E-state index contributed by atoms with van der Waals surface area (Å²) in [7, 11) is 0. The van der Waals surface area contributed by atoms with E-state index in [4.69, 9.17) is 16.3 Å². The maximum atomic E-state index is 11.9. The summed E-state index contributed by atoms with van der Waals surface area (Å²) in [5.41, 5.74) is 0.941. The maximum absolute atomic E-state index is 11.9. The van der Waals surface area contributed by atoms with Gasteiger partial charge in [-0.2, -0.15) is 0 Å². The molecule has 1 aliphatic rings. The van der Waals surface area contributed by atoms with Crippen molar-refractivity contribution >= 4 is 29.9 Å². The van der Waals surface area contributed by atoms with Gasteiger partial charge in [-0.3, -0.25) is 4.79 Å². The van der Waals surface area contributed by atoms with E-state index >= 15 is 0 Å². The lowest BCUT2D eigenvalue weighted by molar-refractivity contribution is -0.124. The summed E-state index contributed by atoms with van der Waals surface area (Å²) in [6.07, 6.45) is 1.93. The molecule has 2 unspecified atom stereocenters. The molecule has 21 heavy (non-hydrogen) atoms. The lowest BCUT2D eigenvalue weighted by Crippen LogP contribution is -2.47. The molecule has 2 rings (SSSR count). The van der Waals surface area contributed by atoms with Crippen LogP contribution in [0.4, 0.5) is 0 Å². The van der Waals surface area contributed by atoms with Crippen LogP contribution in [0.3, 0.4) is 0 Å². The second-order valence-corrected chi connectivity index (χ2v) is 5.75. The van der Waals surface area contributed by atoms with Crippen LogP contribution in [0.1, 0.15) is 25.3 Å². The molecular weight excluding hydrogens is 311 g/mol. The number of hydrogen-bond acceptors (Lipinski definition) is 3. The lowest BCUT2D eigenvalue weighted by atomic mass is 10.0. The standard InChI is InChI=1S/C15H21ClN2O2.ClH/c1-10-7-13(3-4-14(10)16)20-9-15(19)18-12-5-6-17-11(2)8-12;/h3-4,7,11-12,17H,5-6,8-9H2,1-2H3,(H,18,19);1H. The van der Waals surface area contributed by atoms with Crippen molar-refractivity contribution < 1.29 is 9.53 Å². The number of halogens is 2. The van der Waals surface area contributed by atoms with Crippen molar-refractivity contribution in [3.63, 3.8) is 0 Å². The molecule has 118 valence electrons. The second-order valence-electron chi connectivity index (χ2n) is 5.34. The van der Waals surface area contributed by atoms with E-state index in [9.17, 15) is 4.79 Å². The number of benzene rings is 1. The zero-order valence-corrected chi connectivity index (χ0v) is 13.9. The van der Waals surface area contributed by atoms with E-state index in [1.54, 1.807) is 12.1 Å². The number of piperidine rings is 1. The molecule has 1 heterocycles. The van der Waals surface area contributed by atoms with Gasteiger partial charge in [-0.25, -0.2) is 0 Å². The third-order valence-electron chi connectivity index (χ3n) is 3.49. The third-order valence-corrected chi connectivity index (χ3v) is 3.91. The first-order valence-electron chi connectivity index (χ1n) is 6.96. The predicted octanol–water partition coefficient (Wildman–Crippen LogP) is 2.71. The topological polar surface area (TPSA) is 50.4 Å². The van der Waals surface area contributed by atoms with Crippen LogP contribution in [-0.2, 0) is 4.79 Å². The highest BCUT2D eigenvalue weighted by molar-refractivity contribution is 6.31. The zero-order chi connectivity index (χ0) is 14.5. The van der Waals surface area contributed by atoms with Crippen LogP contribution in [0.2, 0.25) is 5.02 Å². The molecule has 2 atom stereocenters. The van der Waals surface area contributed by atoms with Gasteiger partial charge in [-0.05, 0) is 57.0 Å². The Labute approximate surface area is 137 Å². The molecule has 6 heteroatoms. The molecule has 0 bridgehead atoms. The van der Waals surface area contributed by atoms with Gasteiger partial charge in [0.2, 0.25) is 0 Å². The Balaban J connectivity index is 0.00000220. The van der Waals surface area contributed by atoms with Gasteiger partial charge in [-0.1, -0.05) is 11.6 Å². The fourth-order valence-corrected chi connectivity index (χ4v) is 2.51. The van der Waals surface area contributed by atoms with Crippen LogP contribution >= 0.6 is 24.0 Å². The van der Waals surface area contributed by atoms with E-state index in [-0.39, 0.29) is 31.0 Å². The van der Waals surface area contributed by atoms with Gasteiger partial charge in [0.1, 0.15) is 5.75 Å². The highest BCUT2D eigenvalue weighted by Gasteiger charge is 2.19. The van der Waals surface area contributed by atoms with E-state index in [1.165, 1.54) is 0 Å². The van der Waals surface area contributed by atoms with Crippen molar-refractivity contribution in [2.45, 2.75) is 38.8 Å². The summed E-state index contributed by atoms with van der Waals surface area (Å²) in [5.74, 6) is 0.595. The Kier molecular flexibility index (Phi) is 7.29. The van der Waals surface area contributed by atoms with E-state index < -0.39 is 0 Å². The quantitative estimate of drug-likeness (QED) is 0.891. The Hall–Kier alpha value is -0.970. The number of carbonyl (C=O) groups excluding carboxylic acids is 1. The van der Waals surface area contributed by atoms with Crippen LogP contribution in [0.5, 0.6) is 5.75 Å². The lowest BCUT2D eigenvalue weighted by Gasteiger charge is -2.28. The van der Waals surface area contributed by atoms with Crippen molar-refractivity contribution in [3.05, 3.63) is 28.8 Å². The van der Waals surface area contributed by atoms with Gasteiger partial charge < -0.3 is 15.4 Å². The molecule has 0 spiro atoms. The average Bonchev–Trinajstić information content (AvgIpc) is 2.40. The number of nitrogens with one attached hydrogen (secondary N) is 2. The highest BCUT2D eigenvalue weighted by Crippen LogP contribution is 2.20. The molecule has 1 aromatic carbocycles. The summed E-state index contributed by atoms with van der Waals surface area (Å²) >= 11 is 5.95. The minimum atomic E-state index is -0.0725. The highest BCUT2D eigenvalue weighted by atomic mass is 35.5. The van der Waals surface area contributed by atoms with Crippen molar-refractivity contribution in [1.82, 2.24) is 10.6 Å². The van der Waals surface area contributed by atoms with Crippen molar-refractivity contribution in [2.75, 3.05) is 13.2 Å². The molecule has 1 fully saturated rings. The first-order valence-corrected chi connectivity index (χ1v) is 7.34. The number of rotatable bonds is 4. The minimum Gasteiger partial charge on any atom is -0.484 e. The SMILES string of the molecule is Cc1cc(OCC(=O)NC2CCNC(C)C2)ccc1Cl.Cl. The number of hydrogen-bond donors (Lipinski definition) is 2. The zero-order valence-electron chi connectivity index (χ0n) is 12.3. The largest absolute Gasteiger partial charge is 0.484 e. The van der Waals surface area contributed by atoms with E-state index in [0.717, 1.165) is 24.9 Å². The van der Waals surface area contributed by atoms with Crippen LogP contribution in [0.25, 0.3) is 0 Å². The monoisotopic (exact) mass is 332 g/mol. The van der Waals surface area contributed by atoms with Gasteiger partial charge in [0, 0.05) is 17.1 Å². The van der Waals surface area contributed by atoms with E-state index in [1.807, 2.05) is 13.0 Å². The van der Waals surface area contributed by atoms with E-state index in [0.29, 0.717) is 16.8 Å². The van der Waals surface area contributed by atoms with Gasteiger partial charge in [0.15, 0.2) is 6.61 Å². The normalized spacial score (nSPS) is 21.3. The molecule has 0 aromatic heterocycles. The third kappa shape index (κ3) is 5.73. The molecule has 4 nitrogen and oxygen atoms in total. The molecule has 1 aromatic rings. The molecule has 0 aliphatic carbocycles. The number of aryl methyl sites for hydroxylation is 1. The van der Waals surface area contributed by atoms with E-state index in [2.05, 4.69) is 17.6 Å². The average molecular weight is 333 g/mol. The first kappa shape index (κ1) is 18.1. The molecule has 1 amide bonds. The summed E-state index contributed by atoms with van der Waals surface area (Å²) in [4.78, 5) is 11.9. The Morgan fingerprint density at radius 2 is 2.29 bits per heavy atom. The molecule has 1 aliphatic heterocycles. The number of amides is 1. The van der Waals surface area contributed by atoms with Crippen LogP contribution in [-0.4, -0.2) is 31.1 Å². The summed E-state index contributed by atoms with van der Waals surface area (Å²) in [5, 5.41) is 7.07. The fourth-order valence-electron chi connectivity index (χ4n) is 2.39. The van der Waals surface area contributed by atoms with Crippen molar-refractivity contribution in [1.29, 1.82) is 0 Å². The van der Waals surface area contributed by atoms with Crippen LogP contribution in [0, 0.1) is 6.92 Å². The van der Waals surface area contributed by atoms with Gasteiger partial charge in [-0.15, -0.1) is 12.4 Å². The maximum Gasteiger partial charge on any atom is 0.258 e. The molecule has 0 radical (unpaired) electrons. The van der Waals surface area contributed by atoms with Gasteiger partial charge in [0.25, 0.3) is 5.91 Å². The minimum absolute atomic E-state index is 0. The predicted molar refractivity (Wildman–Crippen MR) is 87.6 cm³/mol. The second kappa shape index (κ2) is 8.47. The van der Waals surface area contributed by atoms with Crippen LogP contribution < -0.4 is 15.4 Å². The van der Waals surface area contributed by atoms with Crippen molar-refractivity contribution in [3.8, 4) is 5.75 Å². The number of ether oxygens (including phenoxy) is 1. The first-order chi connectivity index (χ1) is 9.54. The summed E-state index contributed by atoms with van der Waals surface area (Å²) < 4.78 is 5.49. The number of carbonyl (C=O) groups is 1. The Bertz CT molecular complexity index is 483. The van der Waals surface area contributed by atoms with Crippen molar-refractivity contribution in [2.24, 2.45) is 0 Å². The van der Waals surface area contributed by atoms with Crippen LogP contribution in [0.15, 0.2) is 18.2 Å². The fraction of sp³-hybridized carbons (Fsp3) is 0.533. The summed E-state index contributed by atoms with van der Waals surface area (Å²) in [6, 6.07) is 6.08. The van der Waals surface area contributed by atoms with Gasteiger partial charge >= 0.3 is 0 Å². The molecular formula is C15H22Cl2N2O2. The summed E-state index contributed by atoms with van der Waals surface area (Å²) in [6.45, 7) is 5.03.